The summed E-state index contributed by atoms with van der Waals surface area (Å²) in [5.74, 6) is -0.697. The molecule has 2 aromatic rings. The summed E-state index contributed by atoms with van der Waals surface area (Å²) in [5.41, 5.74) is 14.6. The fourth-order valence-electron chi connectivity index (χ4n) is 5.29. The summed E-state index contributed by atoms with van der Waals surface area (Å²) in [6.45, 7) is 8.37. The van der Waals surface area contributed by atoms with Gasteiger partial charge in [0.15, 0.2) is 0 Å². The first-order valence-corrected chi connectivity index (χ1v) is 13.4. The van der Waals surface area contributed by atoms with E-state index >= 15 is 0 Å². The van der Waals surface area contributed by atoms with Crippen LogP contribution in [0.25, 0.3) is 5.53 Å². The quantitative estimate of drug-likeness (QED) is 0.140. The van der Waals surface area contributed by atoms with Crippen molar-refractivity contribution in [2.45, 2.75) is 78.5 Å². The van der Waals surface area contributed by atoms with Crippen molar-refractivity contribution in [2.24, 2.45) is 17.8 Å². The lowest BCUT2D eigenvalue weighted by Gasteiger charge is -2.36. The van der Waals surface area contributed by atoms with Crippen LogP contribution in [0.5, 0.6) is 0 Å². The molecular weight excluding hydrogens is 464 g/mol. The van der Waals surface area contributed by atoms with Crippen molar-refractivity contribution in [3.05, 3.63) is 77.3 Å². The second kappa shape index (κ2) is 13.9. The number of hydrogen-bond donors (Lipinski definition) is 1. The maximum Gasteiger partial charge on any atom is 0.419 e. The monoisotopic (exact) mass is 504 g/mol. The number of rotatable bonds is 11. The van der Waals surface area contributed by atoms with Crippen LogP contribution in [0.4, 0.5) is 0 Å². The molecule has 0 bridgehead atoms. The van der Waals surface area contributed by atoms with Gasteiger partial charge in [0.05, 0.1) is 0 Å². The zero-order chi connectivity index (χ0) is 26.8. The highest BCUT2D eigenvalue weighted by Gasteiger charge is 2.44. The van der Waals surface area contributed by atoms with Gasteiger partial charge >= 0.3 is 11.7 Å². The van der Waals surface area contributed by atoms with Crippen LogP contribution in [0, 0.1) is 17.8 Å². The van der Waals surface area contributed by atoms with Gasteiger partial charge in [0.25, 0.3) is 5.91 Å². The average Bonchev–Trinajstić information content (AvgIpc) is 2.91. The molecule has 0 radical (unpaired) electrons. The van der Waals surface area contributed by atoms with Crippen molar-refractivity contribution < 1.29 is 19.1 Å². The molecule has 2 aromatic carbocycles. The molecule has 0 heterocycles. The number of amides is 1. The summed E-state index contributed by atoms with van der Waals surface area (Å²) in [6, 6.07) is 18.1. The highest BCUT2D eigenvalue weighted by atomic mass is 16.5. The van der Waals surface area contributed by atoms with Crippen LogP contribution in [0.2, 0.25) is 0 Å². The van der Waals surface area contributed by atoms with Gasteiger partial charge in [-0.1, -0.05) is 95.5 Å². The fraction of sp³-hybridized carbons (Fsp3) is 0.500. The number of esters is 1. The molecule has 0 spiro atoms. The third-order valence-electron chi connectivity index (χ3n) is 7.06. The number of hydrazine groups is 1. The third-order valence-corrected chi connectivity index (χ3v) is 7.06. The zero-order valence-electron chi connectivity index (χ0n) is 22.5. The van der Waals surface area contributed by atoms with Crippen molar-refractivity contribution in [3.63, 3.8) is 0 Å². The van der Waals surface area contributed by atoms with Gasteiger partial charge in [0.2, 0.25) is 0 Å². The average molecular weight is 505 g/mol. The fourth-order valence-corrected chi connectivity index (χ4v) is 5.29. The molecule has 1 N–H and O–H groups in total. The van der Waals surface area contributed by atoms with E-state index in [-0.39, 0.29) is 35.5 Å². The van der Waals surface area contributed by atoms with E-state index < -0.39 is 12.0 Å². The Labute approximate surface area is 220 Å². The minimum absolute atomic E-state index is 0.0172. The minimum atomic E-state index is -0.648. The van der Waals surface area contributed by atoms with E-state index in [9.17, 15) is 15.1 Å². The molecular formula is C30H40N4O3. The molecule has 1 aliphatic rings. The summed E-state index contributed by atoms with van der Waals surface area (Å²) >= 11 is 0. The molecule has 7 heteroatoms. The Morgan fingerprint density at radius 1 is 0.946 bits per heavy atom. The summed E-state index contributed by atoms with van der Waals surface area (Å²) in [4.78, 5) is 30.4. The predicted molar refractivity (Wildman–Crippen MR) is 144 cm³/mol. The number of carbonyl (C=O) groups is 2. The molecule has 198 valence electrons. The predicted octanol–water partition coefficient (Wildman–Crippen LogP) is 5.68. The summed E-state index contributed by atoms with van der Waals surface area (Å²) < 4.78 is 5.92. The molecule has 37 heavy (non-hydrogen) atoms. The lowest BCUT2D eigenvalue weighted by atomic mass is 9.81. The highest BCUT2D eigenvalue weighted by Crippen LogP contribution is 2.31. The Kier molecular flexibility index (Phi) is 10.6. The Hall–Kier alpha value is -3.28. The third kappa shape index (κ3) is 7.85. The number of carbonyl (C=O) groups excluding carboxylic acids is 2. The number of hydrogen-bond acceptors (Lipinski definition) is 4. The number of nitrogens with zero attached hydrogens (tertiary/aromatic N) is 3. The van der Waals surface area contributed by atoms with Gasteiger partial charge in [-0.15, -0.1) is 0 Å². The largest absolute Gasteiger partial charge is 0.453 e. The lowest BCUT2D eigenvalue weighted by Crippen LogP contribution is -2.57. The van der Waals surface area contributed by atoms with Gasteiger partial charge in [-0.25, -0.2) is 9.80 Å². The SMILES string of the molecule is CC(C)C(OC(=O)C(=[N+]=[N-])[C@@H](C1CCCCC1)N(Cc1ccccc1)NC(=O)c1ccccc1)C(C)C. The maximum atomic E-state index is 13.5. The second-order valence-corrected chi connectivity index (χ2v) is 10.6. The molecule has 0 unspecified atom stereocenters. The normalized spacial score (nSPS) is 15.0. The van der Waals surface area contributed by atoms with E-state index in [0.29, 0.717) is 12.1 Å². The molecule has 1 atom stereocenters. The van der Waals surface area contributed by atoms with Crippen molar-refractivity contribution in [1.82, 2.24) is 10.4 Å². The van der Waals surface area contributed by atoms with Gasteiger partial charge in [-0.2, -0.15) is 4.79 Å². The van der Waals surface area contributed by atoms with E-state index in [4.69, 9.17) is 4.74 Å². The van der Waals surface area contributed by atoms with E-state index in [1.54, 1.807) is 17.1 Å². The minimum Gasteiger partial charge on any atom is -0.453 e. The van der Waals surface area contributed by atoms with Crippen molar-refractivity contribution in [3.8, 4) is 0 Å². The molecule has 3 rings (SSSR count). The molecule has 0 aliphatic heterocycles. The van der Waals surface area contributed by atoms with Gasteiger partial charge in [0.1, 0.15) is 12.1 Å². The van der Waals surface area contributed by atoms with Crippen LogP contribution in [-0.2, 0) is 16.1 Å². The lowest BCUT2D eigenvalue weighted by molar-refractivity contribution is -0.152. The smallest absolute Gasteiger partial charge is 0.419 e. The first-order chi connectivity index (χ1) is 17.8. The van der Waals surface area contributed by atoms with Gasteiger partial charge < -0.3 is 10.3 Å². The number of nitrogens with one attached hydrogen (secondary N) is 1. The maximum absolute atomic E-state index is 13.5. The highest BCUT2D eigenvalue weighted by molar-refractivity contribution is 6.36. The van der Waals surface area contributed by atoms with Gasteiger partial charge in [0, 0.05) is 12.1 Å². The Bertz CT molecular complexity index is 1050. The van der Waals surface area contributed by atoms with Crippen LogP contribution in [0.1, 0.15) is 75.7 Å². The van der Waals surface area contributed by atoms with E-state index in [1.807, 2.05) is 76.2 Å². The van der Waals surface area contributed by atoms with Crippen LogP contribution in [0.3, 0.4) is 0 Å². The van der Waals surface area contributed by atoms with Crippen molar-refractivity contribution in [1.29, 1.82) is 0 Å². The van der Waals surface area contributed by atoms with Crippen LogP contribution in [-0.4, -0.2) is 39.5 Å². The summed E-state index contributed by atoms with van der Waals surface area (Å²) in [6.07, 6.45) is 4.56. The van der Waals surface area contributed by atoms with Gasteiger partial charge in [-0.05, 0) is 48.3 Å². The molecule has 1 saturated carbocycles. The topological polar surface area (TPSA) is 95.0 Å². The van der Waals surface area contributed by atoms with Crippen LogP contribution in [0.15, 0.2) is 60.7 Å². The molecule has 1 fully saturated rings. The Morgan fingerprint density at radius 3 is 2.05 bits per heavy atom. The van der Waals surface area contributed by atoms with Gasteiger partial charge in [-0.3, -0.25) is 10.2 Å². The summed E-state index contributed by atoms with van der Waals surface area (Å²) in [7, 11) is 0. The summed E-state index contributed by atoms with van der Waals surface area (Å²) in [5, 5.41) is 1.76. The van der Waals surface area contributed by atoms with E-state index in [1.165, 1.54) is 0 Å². The standard InChI is InChI=1S/C30H40N4O3/c1-21(2)28(22(3)4)37-30(36)26(32-31)27(24-16-10-6-11-17-24)34(20-23-14-8-5-9-15-23)33-29(35)25-18-12-7-13-19-25/h5,7-9,12-15,18-19,21-22,24,27-28H,6,10-11,16-17,20H2,1-4H3,(H,33,35)/t27-/m1/s1. The molecule has 1 aliphatic carbocycles. The first-order valence-electron chi connectivity index (χ1n) is 13.4. The number of ether oxygens (including phenoxy) is 1. The Morgan fingerprint density at radius 2 is 1.51 bits per heavy atom. The molecule has 0 saturated heterocycles. The molecule has 7 nitrogen and oxygen atoms in total. The van der Waals surface area contributed by atoms with Crippen LogP contribution >= 0.6 is 0 Å². The first kappa shape index (κ1) is 28.3. The zero-order valence-corrected chi connectivity index (χ0v) is 22.5. The molecule has 1 amide bonds. The van der Waals surface area contributed by atoms with E-state index in [2.05, 4.69) is 10.2 Å². The second-order valence-electron chi connectivity index (χ2n) is 10.6. The van der Waals surface area contributed by atoms with Crippen LogP contribution < -0.4 is 5.43 Å². The van der Waals surface area contributed by atoms with E-state index in [0.717, 1.165) is 37.7 Å². The molecule has 0 aromatic heterocycles. The van der Waals surface area contributed by atoms with Crippen molar-refractivity contribution >= 4 is 17.6 Å². The Balaban J connectivity index is 2.00. The van der Waals surface area contributed by atoms with Crippen molar-refractivity contribution in [2.75, 3.05) is 0 Å². The number of benzene rings is 2.